The molecule has 0 aliphatic carbocycles. The van der Waals surface area contributed by atoms with Gasteiger partial charge < -0.3 is 15.5 Å². The summed E-state index contributed by atoms with van der Waals surface area (Å²) in [7, 11) is 0. The molecule has 3 rings (SSSR count). The van der Waals surface area contributed by atoms with Crippen LogP contribution in [0.4, 0.5) is 5.69 Å². The van der Waals surface area contributed by atoms with Crippen LogP contribution < -0.4 is 10.6 Å². The highest BCUT2D eigenvalue weighted by Gasteiger charge is 2.23. The Kier molecular flexibility index (Phi) is 7.59. The standard InChI is InChI=1S/C18H25N3O2S.ClH/c1-13-2-3-15(18(23)21-8-10-24-11-9-21)12-16(13)20-17(22)14-4-6-19-7-5-14;/h2-3,12,14,19H,4-11H2,1H3,(H,20,22);1H. The molecule has 25 heavy (non-hydrogen) atoms. The summed E-state index contributed by atoms with van der Waals surface area (Å²) in [6, 6.07) is 5.61. The van der Waals surface area contributed by atoms with Gasteiger partial charge in [0.15, 0.2) is 0 Å². The number of hydrogen-bond donors (Lipinski definition) is 2. The average Bonchev–Trinajstić information content (AvgIpc) is 2.64. The molecule has 0 spiro atoms. The van der Waals surface area contributed by atoms with Gasteiger partial charge in [-0.25, -0.2) is 0 Å². The van der Waals surface area contributed by atoms with Gasteiger partial charge in [0, 0.05) is 41.8 Å². The fraction of sp³-hybridized carbons (Fsp3) is 0.556. The number of halogens is 1. The number of nitrogens with zero attached hydrogens (tertiary/aromatic N) is 1. The molecule has 0 bridgehead atoms. The molecule has 2 aliphatic heterocycles. The van der Waals surface area contributed by atoms with Crippen LogP contribution in [0.15, 0.2) is 18.2 Å². The maximum atomic E-state index is 12.6. The van der Waals surface area contributed by atoms with Crippen molar-refractivity contribution in [3.63, 3.8) is 0 Å². The maximum Gasteiger partial charge on any atom is 0.253 e. The largest absolute Gasteiger partial charge is 0.337 e. The van der Waals surface area contributed by atoms with Gasteiger partial charge in [0.2, 0.25) is 5.91 Å². The molecule has 2 amide bonds. The van der Waals surface area contributed by atoms with E-state index in [1.807, 2.05) is 41.8 Å². The van der Waals surface area contributed by atoms with E-state index >= 15 is 0 Å². The lowest BCUT2D eigenvalue weighted by molar-refractivity contribution is -0.120. The number of carbonyl (C=O) groups excluding carboxylic acids is 2. The molecule has 2 aliphatic rings. The Balaban J connectivity index is 0.00000225. The van der Waals surface area contributed by atoms with Crippen molar-refractivity contribution in [3.05, 3.63) is 29.3 Å². The van der Waals surface area contributed by atoms with E-state index in [9.17, 15) is 9.59 Å². The van der Waals surface area contributed by atoms with Crippen LogP contribution in [-0.4, -0.2) is 54.4 Å². The minimum absolute atomic E-state index is 0. The second-order valence-electron chi connectivity index (χ2n) is 6.45. The highest BCUT2D eigenvalue weighted by molar-refractivity contribution is 7.99. The van der Waals surface area contributed by atoms with E-state index in [-0.39, 0.29) is 30.1 Å². The average molecular weight is 384 g/mol. The zero-order chi connectivity index (χ0) is 16.9. The Morgan fingerprint density at radius 3 is 2.56 bits per heavy atom. The van der Waals surface area contributed by atoms with Crippen molar-refractivity contribution in [2.45, 2.75) is 19.8 Å². The fourth-order valence-corrected chi connectivity index (χ4v) is 4.06. The third kappa shape index (κ3) is 5.12. The third-order valence-corrected chi connectivity index (χ3v) is 5.69. The van der Waals surface area contributed by atoms with Crippen LogP contribution in [0.5, 0.6) is 0 Å². The van der Waals surface area contributed by atoms with E-state index in [0.29, 0.717) is 5.56 Å². The summed E-state index contributed by atoms with van der Waals surface area (Å²) < 4.78 is 0. The first-order valence-corrected chi connectivity index (χ1v) is 9.80. The maximum absolute atomic E-state index is 12.6. The number of aryl methyl sites for hydroxylation is 1. The molecule has 138 valence electrons. The molecule has 0 atom stereocenters. The summed E-state index contributed by atoms with van der Waals surface area (Å²) in [6.07, 6.45) is 1.74. The van der Waals surface area contributed by atoms with Gasteiger partial charge >= 0.3 is 0 Å². The number of anilines is 1. The van der Waals surface area contributed by atoms with Crippen molar-refractivity contribution in [2.75, 3.05) is 43.0 Å². The van der Waals surface area contributed by atoms with Gasteiger partial charge in [0.1, 0.15) is 0 Å². The summed E-state index contributed by atoms with van der Waals surface area (Å²) in [5.74, 6) is 2.18. The first-order chi connectivity index (χ1) is 11.6. The van der Waals surface area contributed by atoms with Crippen LogP contribution in [0.3, 0.4) is 0 Å². The molecule has 0 unspecified atom stereocenters. The third-order valence-electron chi connectivity index (χ3n) is 4.75. The van der Waals surface area contributed by atoms with Crippen molar-refractivity contribution >= 4 is 41.7 Å². The van der Waals surface area contributed by atoms with Gasteiger partial charge in [-0.1, -0.05) is 6.07 Å². The molecule has 2 N–H and O–H groups in total. The zero-order valence-corrected chi connectivity index (χ0v) is 16.2. The van der Waals surface area contributed by atoms with Crippen molar-refractivity contribution in [1.82, 2.24) is 10.2 Å². The summed E-state index contributed by atoms with van der Waals surface area (Å²) >= 11 is 1.89. The van der Waals surface area contributed by atoms with Crippen LogP contribution in [0.1, 0.15) is 28.8 Å². The molecule has 0 aromatic heterocycles. The van der Waals surface area contributed by atoms with E-state index in [0.717, 1.165) is 61.8 Å². The predicted octanol–water partition coefficient (Wildman–Crippen LogP) is 2.54. The van der Waals surface area contributed by atoms with Gasteiger partial charge in [0.25, 0.3) is 5.91 Å². The zero-order valence-electron chi connectivity index (χ0n) is 14.5. The minimum Gasteiger partial charge on any atom is -0.337 e. The minimum atomic E-state index is 0. The second kappa shape index (κ2) is 9.46. The number of nitrogens with one attached hydrogen (secondary N) is 2. The van der Waals surface area contributed by atoms with Crippen LogP contribution in [0.25, 0.3) is 0 Å². The Morgan fingerprint density at radius 1 is 1.20 bits per heavy atom. The lowest BCUT2D eigenvalue weighted by Crippen LogP contribution is -2.38. The molecule has 7 heteroatoms. The highest BCUT2D eigenvalue weighted by atomic mass is 35.5. The number of hydrogen-bond acceptors (Lipinski definition) is 4. The van der Waals surface area contributed by atoms with E-state index in [4.69, 9.17) is 0 Å². The van der Waals surface area contributed by atoms with E-state index in [1.54, 1.807) is 0 Å². The van der Waals surface area contributed by atoms with Crippen LogP contribution >= 0.6 is 24.2 Å². The van der Waals surface area contributed by atoms with Gasteiger partial charge in [-0.2, -0.15) is 11.8 Å². The van der Waals surface area contributed by atoms with Crippen LogP contribution in [-0.2, 0) is 4.79 Å². The molecule has 5 nitrogen and oxygen atoms in total. The predicted molar refractivity (Wildman–Crippen MR) is 106 cm³/mol. The summed E-state index contributed by atoms with van der Waals surface area (Å²) in [5.41, 5.74) is 2.41. The number of carbonyl (C=O) groups is 2. The van der Waals surface area contributed by atoms with E-state index in [1.165, 1.54) is 0 Å². The lowest BCUT2D eigenvalue weighted by atomic mass is 9.97. The summed E-state index contributed by atoms with van der Waals surface area (Å²) in [4.78, 5) is 27.0. The molecule has 0 radical (unpaired) electrons. The van der Waals surface area contributed by atoms with Crippen molar-refractivity contribution in [3.8, 4) is 0 Å². The normalized spacial score (nSPS) is 18.4. The van der Waals surface area contributed by atoms with Gasteiger partial charge in [-0.3, -0.25) is 9.59 Å². The van der Waals surface area contributed by atoms with Gasteiger partial charge in [0.05, 0.1) is 0 Å². The van der Waals surface area contributed by atoms with Gasteiger partial charge in [-0.15, -0.1) is 12.4 Å². The van der Waals surface area contributed by atoms with Crippen LogP contribution in [0.2, 0.25) is 0 Å². The number of benzene rings is 1. The molecule has 2 saturated heterocycles. The monoisotopic (exact) mass is 383 g/mol. The summed E-state index contributed by atoms with van der Waals surface area (Å²) in [6.45, 7) is 5.34. The van der Waals surface area contributed by atoms with Crippen molar-refractivity contribution in [2.24, 2.45) is 5.92 Å². The Labute approximate surface area is 159 Å². The van der Waals surface area contributed by atoms with Crippen molar-refractivity contribution in [1.29, 1.82) is 0 Å². The molecule has 2 fully saturated rings. The Hall–Kier alpha value is -1.24. The molecular weight excluding hydrogens is 358 g/mol. The first kappa shape index (κ1) is 20.1. The highest BCUT2D eigenvalue weighted by Crippen LogP contribution is 2.22. The Morgan fingerprint density at radius 2 is 1.88 bits per heavy atom. The van der Waals surface area contributed by atoms with Crippen molar-refractivity contribution < 1.29 is 9.59 Å². The van der Waals surface area contributed by atoms with Gasteiger partial charge in [-0.05, 0) is 50.6 Å². The van der Waals surface area contributed by atoms with E-state index in [2.05, 4.69) is 10.6 Å². The second-order valence-corrected chi connectivity index (χ2v) is 7.67. The van der Waals surface area contributed by atoms with Crippen LogP contribution in [0, 0.1) is 12.8 Å². The molecule has 1 aromatic carbocycles. The summed E-state index contributed by atoms with van der Waals surface area (Å²) in [5, 5.41) is 6.31. The molecular formula is C18H26ClN3O2S. The smallest absolute Gasteiger partial charge is 0.253 e. The Bertz CT molecular complexity index is 614. The lowest BCUT2D eigenvalue weighted by Gasteiger charge is -2.27. The van der Waals surface area contributed by atoms with E-state index < -0.39 is 0 Å². The molecule has 0 saturated carbocycles. The number of amides is 2. The SMILES string of the molecule is Cc1ccc(C(=O)N2CCSCC2)cc1NC(=O)C1CCNCC1.Cl. The quantitative estimate of drug-likeness (QED) is 0.842. The fourth-order valence-electron chi connectivity index (χ4n) is 3.16. The molecule has 2 heterocycles. The first-order valence-electron chi connectivity index (χ1n) is 8.64. The number of thioether (sulfide) groups is 1. The molecule has 1 aromatic rings. The topological polar surface area (TPSA) is 61.4 Å². The number of piperidine rings is 1. The number of rotatable bonds is 3.